The molecule has 5 rings (SSSR count). The SMILES string of the molecule is CCc1ccc(N2C(=S)N[C@@H](c3ccccn3)[C@H]2c2cccn2-c2cccc(F)c2)cc1. The summed E-state index contributed by atoms with van der Waals surface area (Å²) in [5.74, 6) is -0.268. The lowest BCUT2D eigenvalue weighted by atomic mass is 10.0. The number of aryl methyl sites for hydroxylation is 1. The van der Waals surface area contributed by atoms with E-state index in [0.29, 0.717) is 5.11 Å². The fourth-order valence-electron chi connectivity index (χ4n) is 4.32. The topological polar surface area (TPSA) is 33.1 Å². The molecule has 0 spiro atoms. The molecule has 1 saturated heterocycles. The zero-order valence-corrected chi connectivity index (χ0v) is 18.5. The van der Waals surface area contributed by atoms with Crippen LogP contribution in [0.1, 0.15) is 36.0 Å². The average molecular weight is 443 g/mol. The van der Waals surface area contributed by atoms with Crippen molar-refractivity contribution in [2.45, 2.75) is 25.4 Å². The van der Waals surface area contributed by atoms with Crippen LogP contribution in [0.3, 0.4) is 0 Å². The fraction of sp³-hybridized carbons (Fsp3) is 0.154. The van der Waals surface area contributed by atoms with Crippen molar-refractivity contribution in [3.8, 4) is 5.69 Å². The minimum atomic E-state index is -0.268. The lowest BCUT2D eigenvalue weighted by Crippen LogP contribution is -2.30. The second-order valence-corrected chi connectivity index (χ2v) is 8.19. The summed E-state index contributed by atoms with van der Waals surface area (Å²) in [6.45, 7) is 2.14. The molecular formula is C26H23FN4S. The lowest BCUT2D eigenvalue weighted by molar-refractivity contribution is 0.549. The Morgan fingerprint density at radius 3 is 2.53 bits per heavy atom. The number of aromatic nitrogens is 2. The maximum atomic E-state index is 14.0. The van der Waals surface area contributed by atoms with Gasteiger partial charge in [-0.05, 0) is 78.8 Å². The van der Waals surface area contributed by atoms with Crippen molar-refractivity contribution in [2.24, 2.45) is 0 Å². The summed E-state index contributed by atoms with van der Waals surface area (Å²) in [5, 5.41) is 4.12. The van der Waals surface area contributed by atoms with Gasteiger partial charge in [-0.25, -0.2) is 4.39 Å². The van der Waals surface area contributed by atoms with Crippen molar-refractivity contribution in [1.29, 1.82) is 0 Å². The van der Waals surface area contributed by atoms with Crippen LogP contribution in [0.5, 0.6) is 0 Å². The Balaban J connectivity index is 1.65. The molecule has 3 heterocycles. The lowest BCUT2D eigenvalue weighted by Gasteiger charge is -2.29. The number of benzene rings is 2. The summed E-state index contributed by atoms with van der Waals surface area (Å²) in [5.41, 5.74) is 4.95. The predicted octanol–water partition coefficient (Wildman–Crippen LogP) is 5.75. The van der Waals surface area contributed by atoms with Crippen molar-refractivity contribution in [2.75, 3.05) is 4.90 Å². The largest absolute Gasteiger partial charge is 0.351 e. The molecule has 2 aromatic heterocycles. The summed E-state index contributed by atoms with van der Waals surface area (Å²) < 4.78 is 16.0. The van der Waals surface area contributed by atoms with E-state index in [1.165, 1.54) is 11.6 Å². The van der Waals surface area contributed by atoms with Crippen LogP contribution >= 0.6 is 12.2 Å². The summed E-state index contributed by atoms with van der Waals surface area (Å²) in [6, 6.07) is 24.7. The molecule has 2 aromatic carbocycles. The van der Waals surface area contributed by atoms with Crippen molar-refractivity contribution < 1.29 is 4.39 Å². The number of nitrogens with one attached hydrogen (secondary N) is 1. The maximum absolute atomic E-state index is 14.0. The Labute approximate surface area is 192 Å². The van der Waals surface area contributed by atoms with E-state index in [1.807, 2.05) is 41.1 Å². The van der Waals surface area contributed by atoms with Crippen LogP contribution in [-0.2, 0) is 6.42 Å². The van der Waals surface area contributed by atoms with Crippen molar-refractivity contribution in [1.82, 2.24) is 14.9 Å². The molecule has 0 saturated carbocycles. The molecule has 4 aromatic rings. The maximum Gasteiger partial charge on any atom is 0.174 e. The standard InChI is InChI=1S/C26H23FN4S/c1-2-18-11-13-20(14-12-18)31-25(24(29-26(31)32)22-9-3-4-15-28-22)23-10-6-16-30(23)21-8-5-7-19(27)17-21/h3-17,24-25H,2H2,1H3,(H,29,32)/t24-,25+/m0/s1. The van der Waals surface area contributed by atoms with Gasteiger partial charge in [-0.1, -0.05) is 31.2 Å². The minimum absolute atomic E-state index is 0.156. The number of hydrogen-bond donors (Lipinski definition) is 1. The van der Waals surface area contributed by atoms with E-state index < -0.39 is 0 Å². The fourth-order valence-corrected chi connectivity index (χ4v) is 4.67. The molecule has 4 nitrogen and oxygen atoms in total. The van der Waals surface area contributed by atoms with Crippen LogP contribution < -0.4 is 10.2 Å². The molecule has 1 aliphatic heterocycles. The van der Waals surface area contributed by atoms with E-state index in [-0.39, 0.29) is 17.9 Å². The minimum Gasteiger partial charge on any atom is -0.351 e. The Kier molecular flexibility index (Phi) is 5.45. The van der Waals surface area contributed by atoms with Gasteiger partial charge in [0.1, 0.15) is 11.9 Å². The summed E-state index contributed by atoms with van der Waals surface area (Å²) in [4.78, 5) is 6.75. The highest BCUT2D eigenvalue weighted by molar-refractivity contribution is 7.80. The van der Waals surface area contributed by atoms with E-state index in [4.69, 9.17) is 12.2 Å². The monoisotopic (exact) mass is 442 g/mol. The van der Waals surface area contributed by atoms with Gasteiger partial charge in [0.15, 0.2) is 5.11 Å². The quantitative estimate of drug-likeness (QED) is 0.399. The number of halogens is 1. The highest BCUT2D eigenvalue weighted by atomic mass is 32.1. The first-order chi connectivity index (χ1) is 15.7. The third-order valence-electron chi connectivity index (χ3n) is 5.89. The molecule has 6 heteroatoms. The van der Waals surface area contributed by atoms with Crippen LogP contribution in [0.25, 0.3) is 5.69 Å². The molecule has 0 amide bonds. The van der Waals surface area contributed by atoms with Gasteiger partial charge < -0.3 is 14.8 Å². The molecule has 1 aliphatic rings. The molecule has 0 bridgehead atoms. The third-order valence-corrected chi connectivity index (χ3v) is 6.21. The number of hydrogen-bond acceptors (Lipinski definition) is 2. The molecule has 1 fully saturated rings. The van der Waals surface area contributed by atoms with Gasteiger partial charge in [-0.3, -0.25) is 4.98 Å². The second-order valence-electron chi connectivity index (χ2n) is 7.80. The normalized spacial score (nSPS) is 18.1. The van der Waals surface area contributed by atoms with Crippen LogP contribution in [0.2, 0.25) is 0 Å². The van der Waals surface area contributed by atoms with Gasteiger partial charge in [-0.2, -0.15) is 0 Å². The zero-order chi connectivity index (χ0) is 22.1. The molecule has 1 N–H and O–H groups in total. The van der Waals surface area contributed by atoms with Crippen molar-refractivity contribution in [3.63, 3.8) is 0 Å². The van der Waals surface area contributed by atoms with Gasteiger partial charge in [0.05, 0.1) is 11.7 Å². The first-order valence-corrected chi connectivity index (χ1v) is 11.1. The van der Waals surface area contributed by atoms with E-state index in [1.54, 1.807) is 18.3 Å². The van der Waals surface area contributed by atoms with Crippen LogP contribution in [0, 0.1) is 5.82 Å². The molecule has 0 radical (unpaired) electrons. The van der Waals surface area contributed by atoms with Crippen LogP contribution in [-0.4, -0.2) is 14.7 Å². The van der Waals surface area contributed by atoms with E-state index >= 15 is 0 Å². The average Bonchev–Trinajstić information content (AvgIpc) is 3.44. The third kappa shape index (κ3) is 3.67. The van der Waals surface area contributed by atoms with Gasteiger partial charge in [0.25, 0.3) is 0 Å². The molecular weight excluding hydrogens is 419 g/mol. The highest BCUT2D eigenvalue weighted by Gasteiger charge is 2.42. The Bertz CT molecular complexity index is 1240. The number of rotatable bonds is 5. The Morgan fingerprint density at radius 2 is 1.81 bits per heavy atom. The van der Waals surface area contributed by atoms with Gasteiger partial charge in [0.2, 0.25) is 0 Å². The van der Waals surface area contributed by atoms with Gasteiger partial charge in [0, 0.05) is 29.5 Å². The number of pyridine rings is 1. The molecule has 32 heavy (non-hydrogen) atoms. The number of anilines is 1. The van der Waals surface area contributed by atoms with E-state index in [9.17, 15) is 4.39 Å². The Morgan fingerprint density at radius 1 is 0.969 bits per heavy atom. The molecule has 0 aliphatic carbocycles. The number of nitrogens with zero attached hydrogens (tertiary/aromatic N) is 3. The highest BCUT2D eigenvalue weighted by Crippen LogP contribution is 2.42. The zero-order valence-electron chi connectivity index (χ0n) is 17.6. The van der Waals surface area contributed by atoms with Crippen molar-refractivity contribution in [3.05, 3.63) is 114 Å². The summed E-state index contributed by atoms with van der Waals surface area (Å²) >= 11 is 5.81. The van der Waals surface area contributed by atoms with Crippen molar-refractivity contribution >= 4 is 23.0 Å². The second kappa shape index (κ2) is 8.55. The van der Waals surface area contributed by atoms with E-state index in [2.05, 4.69) is 52.5 Å². The molecule has 160 valence electrons. The number of thiocarbonyl (C=S) groups is 1. The van der Waals surface area contributed by atoms with Crippen LogP contribution in [0.4, 0.5) is 10.1 Å². The first-order valence-electron chi connectivity index (χ1n) is 10.7. The Hall–Kier alpha value is -3.51. The van der Waals surface area contributed by atoms with Gasteiger partial charge in [-0.15, -0.1) is 0 Å². The summed E-state index contributed by atoms with van der Waals surface area (Å²) in [7, 11) is 0. The first kappa shape index (κ1) is 20.4. The summed E-state index contributed by atoms with van der Waals surface area (Å²) in [6.07, 6.45) is 4.73. The molecule has 0 unspecified atom stereocenters. The van der Waals surface area contributed by atoms with Crippen LogP contribution in [0.15, 0.2) is 91.3 Å². The van der Waals surface area contributed by atoms with E-state index in [0.717, 1.165) is 29.2 Å². The smallest absolute Gasteiger partial charge is 0.174 e. The molecule has 2 atom stereocenters. The van der Waals surface area contributed by atoms with Gasteiger partial charge >= 0.3 is 0 Å². The predicted molar refractivity (Wildman–Crippen MR) is 129 cm³/mol.